The molecule has 3 rings (SSSR count). The average Bonchev–Trinajstić information content (AvgIpc) is 2.99. The first-order valence-corrected chi connectivity index (χ1v) is 7.98. The predicted octanol–water partition coefficient (Wildman–Crippen LogP) is 3.66. The summed E-state index contributed by atoms with van der Waals surface area (Å²) in [6, 6.07) is 16.9. The summed E-state index contributed by atoms with van der Waals surface area (Å²) < 4.78 is 5.52. The van der Waals surface area contributed by atoms with Crippen LogP contribution in [-0.4, -0.2) is 19.4 Å². The van der Waals surface area contributed by atoms with Gasteiger partial charge in [-0.3, -0.25) is 5.01 Å². The number of ether oxygens (including phenoxy) is 1. The predicted molar refractivity (Wildman–Crippen MR) is 95.1 cm³/mol. The van der Waals surface area contributed by atoms with E-state index in [1.807, 2.05) is 18.2 Å². The maximum atomic E-state index is 5.73. The Hall–Kier alpha value is -2.33. The number of rotatable bonds is 5. The maximum absolute atomic E-state index is 5.73. The Kier molecular flexibility index (Phi) is 4.63. The van der Waals surface area contributed by atoms with Crippen LogP contribution in [0.3, 0.4) is 0 Å². The van der Waals surface area contributed by atoms with E-state index < -0.39 is 0 Å². The molecular weight excluding hydrogens is 286 g/mol. The second-order valence-electron chi connectivity index (χ2n) is 5.85. The van der Waals surface area contributed by atoms with E-state index in [0.717, 1.165) is 30.0 Å². The first-order chi connectivity index (χ1) is 11.2. The summed E-state index contributed by atoms with van der Waals surface area (Å²) in [5.41, 5.74) is 10.4. The summed E-state index contributed by atoms with van der Waals surface area (Å²) in [5.74, 6) is 0.836. The van der Waals surface area contributed by atoms with E-state index in [1.54, 1.807) is 7.11 Å². The Bertz CT molecular complexity index is 694. The summed E-state index contributed by atoms with van der Waals surface area (Å²) in [5, 5.41) is 6.90. The van der Waals surface area contributed by atoms with Gasteiger partial charge in [0.1, 0.15) is 11.4 Å². The average molecular weight is 309 g/mol. The van der Waals surface area contributed by atoms with Crippen molar-refractivity contribution in [2.75, 3.05) is 18.7 Å². The molecule has 4 heteroatoms. The van der Waals surface area contributed by atoms with E-state index >= 15 is 0 Å². The van der Waals surface area contributed by atoms with Crippen molar-refractivity contribution in [2.45, 2.75) is 25.8 Å². The lowest BCUT2D eigenvalue weighted by Gasteiger charge is -2.25. The van der Waals surface area contributed by atoms with Gasteiger partial charge in [-0.25, -0.2) is 0 Å². The third-order valence-electron chi connectivity index (χ3n) is 4.20. The molecule has 0 saturated carbocycles. The summed E-state index contributed by atoms with van der Waals surface area (Å²) in [7, 11) is 1.69. The maximum Gasteiger partial charge on any atom is 0.144 e. The van der Waals surface area contributed by atoms with Gasteiger partial charge in [-0.2, -0.15) is 5.10 Å². The minimum absolute atomic E-state index is 0.188. The van der Waals surface area contributed by atoms with Crippen LogP contribution in [0, 0.1) is 6.92 Å². The molecule has 0 fully saturated rings. The molecule has 4 nitrogen and oxygen atoms in total. The second kappa shape index (κ2) is 6.84. The van der Waals surface area contributed by atoms with Crippen LogP contribution in [-0.2, 0) is 0 Å². The Morgan fingerprint density at radius 1 is 1.17 bits per heavy atom. The van der Waals surface area contributed by atoms with Crippen LogP contribution < -0.4 is 15.5 Å². The minimum Gasteiger partial charge on any atom is -0.495 e. The highest BCUT2D eigenvalue weighted by Crippen LogP contribution is 2.40. The lowest BCUT2D eigenvalue weighted by Crippen LogP contribution is -2.19. The van der Waals surface area contributed by atoms with Gasteiger partial charge in [-0.05, 0) is 37.6 Å². The van der Waals surface area contributed by atoms with Crippen molar-refractivity contribution in [1.29, 1.82) is 0 Å². The fourth-order valence-electron chi connectivity index (χ4n) is 2.98. The van der Waals surface area contributed by atoms with Crippen molar-refractivity contribution >= 4 is 11.4 Å². The van der Waals surface area contributed by atoms with E-state index in [0.29, 0.717) is 6.54 Å². The first-order valence-electron chi connectivity index (χ1n) is 7.98. The molecule has 1 heterocycles. The zero-order chi connectivity index (χ0) is 16.2. The molecule has 0 saturated heterocycles. The van der Waals surface area contributed by atoms with Gasteiger partial charge in [-0.15, -0.1) is 0 Å². The van der Waals surface area contributed by atoms with Crippen LogP contribution in [0.15, 0.2) is 53.6 Å². The van der Waals surface area contributed by atoms with Gasteiger partial charge in [0.2, 0.25) is 0 Å². The molecule has 0 aromatic heterocycles. The van der Waals surface area contributed by atoms with Crippen LogP contribution in [0.1, 0.15) is 30.0 Å². The molecule has 0 amide bonds. The number of methoxy groups -OCH3 is 1. The topological polar surface area (TPSA) is 50.8 Å². The lowest BCUT2D eigenvalue weighted by molar-refractivity contribution is 0.413. The Morgan fingerprint density at radius 3 is 2.61 bits per heavy atom. The van der Waals surface area contributed by atoms with Crippen molar-refractivity contribution in [3.05, 3.63) is 59.7 Å². The monoisotopic (exact) mass is 309 g/mol. The van der Waals surface area contributed by atoms with E-state index in [1.165, 1.54) is 11.1 Å². The molecule has 2 aromatic rings. The first kappa shape index (κ1) is 15.6. The molecule has 0 radical (unpaired) electrons. The number of nitrogens with two attached hydrogens (primary N) is 1. The molecule has 1 atom stereocenters. The van der Waals surface area contributed by atoms with E-state index in [9.17, 15) is 0 Å². The summed E-state index contributed by atoms with van der Waals surface area (Å²) in [6.07, 6.45) is 1.73. The van der Waals surface area contributed by atoms with Crippen LogP contribution >= 0.6 is 0 Å². The van der Waals surface area contributed by atoms with E-state index in [-0.39, 0.29) is 6.04 Å². The van der Waals surface area contributed by atoms with Crippen molar-refractivity contribution in [1.82, 2.24) is 0 Å². The third-order valence-corrected chi connectivity index (χ3v) is 4.20. The quantitative estimate of drug-likeness (QED) is 0.917. The van der Waals surface area contributed by atoms with Gasteiger partial charge < -0.3 is 10.5 Å². The molecule has 120 valence electrons. The van der Waals surface area contributed by atoms with Crippen LogP contribution in [0.2, 0.25) is 0 Å². The Balaban J connectivity index is 1.99. The highest BCUT2D eigenvalue weighted by atomic mass is 16.5. The fourth-order valence-corrected chi connectivity index (χ4v) is 2.98. The van der Waals surface area contributed by atoms with Gasteiger partial charge in [-0.1, -0.05) is 42.0 Å². The molecule has 2 aromatic carbocycles. The van der Waals surface area contributed by atoms with Crippen molar-refractivity contribution < 1.29 is 4.74 Å². The highest BCUT2D eigenvalue weighted by molar-refractivity contribution is 5.89. The normalized spacial score (nSPS) is 17.3. The second-order valence-corrected chi connectivity index (χ2v) is 5.85. The third kappa shape index (κ3) is 3.22. The van der Waals surface area contributed by atoms with Gasteiger partial charge in [0.05, 0.1) is 13.2 Å². The zero-order valence-electron chi connectivity index (χ0n) is 13.7. The van der Waals surface area contributed by atoms with Crippen LogP contribution in [0.4, 0.5) is 5.69 Å². The molecule has 23 heavy (non-hydrogen) atoms. The number of anilines is 1. The lowest BCUT2D eigenvalue weighted by atomic mass is 9.99. The number of benzene rings is 2. The van der Waals surface area contributed by atoms with Gasteiger partial charge in [0.15, 0.2) is 0 Å². The number of nitrogens with zero attached hydrogens (tertiary/aromatic N) is 2. The summed E-state index contributed by atoms with van der Waals surface area (Å²) >= 11 is 0. The minimum atomic E-state index is 0.188. The Labute approximate surface area is 137 Å². The zero-order valence-corrected chi connectivity index (χ0v) is 13.7. The molecular formula is C19H23N3O. The number of hydrogen-bond donors (Lipinski definition) is 1. The van der Waals surface area contributed by atoms with Crippen LogP contribution in [0.25, 0.3) is 0 Å². The molecule has 0 aliphatic carbocycles. The van der Waals surface area contributed by atoms with E-state index in [2.05, 4.69) is 42.3 Å². The smallest absolute Gasteiger partial charge is 0.144 e. The number of hydrogen-bond acceptors (Lipinski definition) is 4. The largest absolute Gasteiger partial charge is 0.495 e. The number of para-hydroxylation sites is 2. The van der Waals surface area contributed by atoms with Crippen molar-refractivity contribution in [3.8, 4) is 5.75 Å². The number of hydrazone groups is 1. The summed E-state index contributed by atoms with van der Waals surface area (Å²) in [6.45, 7) is 2.73. The van der Waals surface area contributed by atoms with Crippen LogP contribution in [0.5, 0.6) is 5.75 Å². The molecule has 1 aliphatic heterocycles. The highest BCUT2D eigenvalue weighted by Gasteiger charge is 2.30. The summed E-state index contributed by atoms with van der Waals surface area (Å²) in [4.78, 5) is 0. The van der Waals surface area contributed by atoms with Gasteiger partial charge >= 0.3 is 0 Å². The molecule has 2 N–H and O–H groups in total. The standard InChI is InChI=1S/C19H23N3O/c1-14-7-9-15(10-8-14)18-13-16(11-12-20)21-22(18)17-5-3-4-6-19(17)23-2/h3-10,18H,11-13,20H2,1-2H3. The molecule has 1 unspecified atom stereocenters. The molecule has 0 spiro atoms. The van der Waals surface area contributed by atoms with E-state index in [4.69, 9.17) is 15.6 Å². The molecule has 1 aliphatic rings. The number of aryl methyl sites for hydroxylation is 1. The van der Waals surface area contributed by atoms with Crippen molar-refractivity contribution in [2.24, 2.45) is 10.8 Å². The van der Waals surface area contributed by atoms with Gasteiger partial charge in [0.25, 0.3) is 0 Å². The SMILES string of the molecule is COc1ccccc1N1N=C(CCN)CC1c1ccc(C)cc1. The van der Waals surface area contributed by atoms with Crippen molar-refractivity contribution in [3.63, 3.8) is 0 Å². The molecule has 0 bridgehead atoms. The van der Waals surface area contributed by atoms with Gasteiger partial charge in [0, 0.05) is 12.1 Å². The fraction of sp³-hybridized carbons (Fsp3) is 0.316. The Morgan fingerprint density at radius 2 is 1.91 bits per heavy atom.